The molecule has 0 aliphatic carbocycles. The second-order valence-corrected chi connectivity index (χ2v) is 7.25. The van der Waals surface area contributed by atoms with Gasteiger partial charge in [-0.05, 0) is 31.2 Å². The van der Waals surface area contributed by atoms with Crippen LogP contribution in [0.1, 0.15) is 5.56 Å². The maximum atomic E-state index is 12.8. The molecule has 2 aromatic carbocycles. The van der Waals surface area contributed by atoms with Gasteiger partial charge in [-0.3, -0.25) is 10.1 Å². The Labute approximate surface area is 133 Å². The average Bonchev–Trinajstić information content (AvgIpc) is 2.85. The number of sulfone groups is 1. The van der Waals surface area contributed by atoms with Gasteiger partial charge in [0.05, 0.1) is 9.82 Å². The van der Waals surface area contributed by atoms with Crippen LogP contribution in [0.5, 0.6) is 0 Å². The quantitative estimate of drug-likeness (QED) is 0.545. The predicted octanol–water partition coefficient (Wildman–Crippen LogP) is 3.23. The van der Waals surface area contributed by atoms with Crippen LogP contribution in [0, 0.1) is 17.0 Å². The van der Waals surface area contributed by atoms with E-state index < -0.39 is 14.8 Å². The topological polar surface area (TPSA) is 82.2 Å². The number of hydrogen-bond donors (Lipinski definition) is 0. The minimum absolute atomic E-state index is 0.0672. The minimum Gasteiger partial charge on any atom is -0.334 e. The van der Waals surface area contributed by atoms with Crippen molar-refractivity contribution in [2.75, 3.05) is 0 Å². The third-order valence-corrected chi connectivity index (χ3v) is 5.63. The van der Waals surface area contributed by atoms with Gasteiger partial charge in [0.2, 0.25) is 9.84 Å². The lowest BCUT2D eigenvalue weighted by Crippen LogP contribution is -2.07. The molecule has 0 N–H and O–H groups in total. The lowest BCUT2D eigenvalue weighted by molar-refractivity contribution is -0.384. The van der Waals surface area contributed by atoms with Crippen LogP contribution in [-0.2, 0) is 16.9 Å². The van der Waals surface area contributed by atoms with Gasteiger partial charge in [-0.15, -0.1) is 0 Å². The Balaban J connectivity index is 2.21. The number of non-ortho nitro benzene ring substituents is 1. The molecule has 6 nitrogen and oxygen atoms in total. The standard InChI is InChI=1S/C16H14N2O4S/c1-11-3-6-14(7-4-11)23(21,22)16-10-12-9-13(18(19)20)5-8-15(12)17(16)2/h3-10H,1-2H3. The number of aromatic nitrogens is 1. The van der Waals surface area contributed by atoms with Crippen molar-refractivity contribution in [1.29, 1.82) is 0 Å². The summed E-state index contributed by atoms with van der Waals surface area (Å²) >= 11 is 0. The fraction of sp³-hybridized carbons (Fsp3) is 0.125. The van der Waals surface area contributed by atoms with Crippen molar-refractivity contribution in [3.63, 3.8) is 0 Å². The van der Waals surface area contributed by atoms with E-state index in [9.17, 15) is 18.5 Å². The molecule has 0 radical (unpaired) electrons. The summed E-state index contributed by atoms with van der Waals surface area (Å²) in [7, 11) is -2.05. The molecule has 1 aromatic heterocycles. The number of aryl methyl sites for hydroxylation is 2. The second kappa shape index (κ2) is 5.20. The van der Waals surface area contributed by atoms with Crippen LogP contribution in [0.4, 0.5) is 5.69 Å². The fourth-order valence-corrected chi connectivity index (χ4v) is 4.00. The lowest BCUT2D eigenvalue weighted by atomic mass is 10.2. The first-order valence-corrected chi connectivity index (χ1v) is 8.34. The van der Waals surface area contributed by atoms with Crippen LogP contribution in [0.3, 0.4) is 0 Å². The highest BCUT2D eigenvalue weighted by atomic mass is 32.2. The number of nitrogens with zero attached hydrogens (tertiary/aromatic N) is 2. The molecule has 0 aliphatic rings. The van der Waals surface area contributed by atoms with Gasteiger partial charge in [-0.25, -0.2) is 8.42 Å². The largest absolute Gasteiger partial charge is 0.334 e. The van der Waals surface area contributed by atoms with E-state index in [1.165, 1.54) is 22.8 Å². The van der Waals surface area contributed by atoms with Crippen LogP contribution in [0.2, 0.25) is 0 Å². The average molecular weight is 330 g/mol. The molecule has 1 heterocycles. The van der Waals surface area contributed by atoms with Gasteiger partial charge in [0.25, 0.3) is 5.69 Å². The molecule has 7 heteroatoms. The zero-order valence-electron chi connectivity index (χ0n) is 12.6. The van der Waals surface area contributed by atoms with E-state index in [0.29, 0.717) is 10.9 Å². The Morgan fingerprint density at radius 1 is 1.04 bits per heavy atom. The van der Waals surface area contributed by atoms with Gasteiger partial charge < -0.3 is 4.57 Å². The Hall–Kier alpha value is -2.67. The molecule has 3 aromatic rings. The summed E-state index contributed by atoms with van der Waals surface area (Å²) in [6, 6.07) is 12.4. The molecule has 3 rings (SSSR count). The molecule has 0 saturated carbocycles. The Morgan fingerprint density at radius 3 is 2.30 bits per heavy atom. The second-order valence-electron chi connectivity index (χ2n) is 5.36. The normalized spacial score (nSPS) is 11.7. The first-order chi connectivity index (χ1) is 10.8. The Bertz CT molecular complexity index is 1020. The molecule has 118 valence electrons. The van der Waals surface area contributed by atoms with Crippen molar-refractivity contribution in [2.24, 2.45) is 7.05 Å². The number of benzene rings is 2. The van der Waals surface area contributed by atoms with Crippen molar-refractivity contribution in [3.8, 4) is 0 Å². The highest BCUT2D eigenvalue weighted by molar-refractivity contribution is 7.91. The molecule has 0 bridgehead atoms. The molecule has 0 amide bonds. The van der Waals surface area contributed by atoms with E-state index in [-0.39, 0.29) is 15.6 Å². The third kappa shape index (κ3) is 2.49. The highest BCUT2D eigenvalue weighted by Gasteiger charge is 2.23. The summed E-state index contributed by atoms with van der Waals surface area (Å²) in [6.45, 7) is 1.88. The maximum absolute atomic E-state index is 12.8. The van der Waals surface area contributed by atoms with E-state index in [2.05, 4.69) is 0 Å². The van der Waals surface area contributed by atoms with Crippen LogP contribution in [-0.4, -0.2) is 17.9 Å². The molecular formula is C16H14N2O4S. The molecule has 0 unspecified atom stereocenters. The Kier molecular flexibility index (Phi) is 3.45. The van der Waals surface area contributed by atoms with E-state index >= 15 is 0 Å². The predicted molar refractivity (Wildman–Crippen MR) is 86.2 cm³/mol. The maximum Gasteiger partial charge on any atom is 0.270 e. The molecule has 0 aliphatic heterocycles. The fourth-order valence-electron chi connectivity index (χ4n) is 2.52. The first kappa shape index (κ1) is 15.2. The van der Waals surface area contributed by atoms with Crippen molar-refractivity contribution in [3.05, 3.63) is 64.2 Å². The molecule has 23 heavy (non-hydrogen) atoms. The molecule has 0 saturated heterocycles. The number of fused-ring (bicyclic) bond motifs is 1. The van der Waals surface area contributed by atoms with Gasteiger partial charge >= 0.3 is 0 Å². The zero-order valence-corrected chi connectivity index (χ0v) is 13.4. The van der Waals surface area contributed by atoms with Gasteiger partial charge in [-0.1, -0.05) is 17.7 Å². The molecule has 0 fully saturated rings. The van der Waals surface area contributed by atoms with Gasteiger partial charge in [-0.2, -0.15) is 0 Å². The van der Waals surface area contributed by atoms with Crippen molar-refractivity contribution in [1.82, 2.24) is 4.57 Å². The summed E-state index contributed by atoms with van der Waals surface area (Å²) in [5, 5.41) is 11.5. The van der Waals surface area contributed by atoms with Gasteiger partial charge in [0, 0.05) is 30.1 Å². The van der Waals surface area contributed by atoms with Crippen LogP contribution in [0.25, 0.3) is 10.9 Å². The summed E-state index contributed by atoms with van der Waals surface area (Å²) in [4.78, 5) is 10.6. The Morgan fingerprint density at radius 2 is 1.70 bits per heavy atom. The monoisotopic (exact) mass is 330 g/mol. The van der Waals surface area contributed by atoms with Crippen LogP contribution >= 0.6 is 0 Å². The SMILES string of the molecule is Cc1ccc(S(=O)(=O)c2cc3cc([N+](=O)[O-])ccc3n2C)cc1. The van der Waals surface area contributed by atoms with Crippen molar-refractivity contribution < 1.29 is 13.3 Å². The van der Waals surface area contributed by atoms with Crippen molar-refractivity contribution in [2.45, 2.75) is 16.8 Å². The van der Waals surface area contributed by atoms with E-state index in [0.717, 1.165) is 5.56 Å². The summed E-state index contributed by atoms with van der Waals surface area (Å²) in [6.07, 6.45) is 0. The molecular weight excluding hydrogens is 316 g/mol. The molecule has 0 spiro atoms. The minimum atomic E-state index is -3.69. The van der Waals surface area contributed by atoms with Crippen LogP contribution in [0.15, 0.2) is 58.5 Å². The van der Waals surface area contributed by atoms with E-state index in [1.54, 1.807) is 37.4 Å². The summed E-state index contributed by atoms with van der Waals surface area (Å²) < 4.78 is 27.1. The van der Waals surface area contributed by atoms with Gasteiger partial charge in [0.1, 0.15) is 5.03 Å². The number of rotatable bonds is 3. The number of nitro groups is 1. The highest BCUT2D eigenvalue weighted by Crippen LogP contribution is 2.29. The third-order valence-electron chi connectivity index (χ3n) is 3.80. The van der Waals surface area contributed by atoms with Gasteiger partial charge in [0.15, 0.2) is 0 Å². The van der Waals surface area contributed by atoms with Crippen molar-refractivity contribution >= 4 is 26.4 Å². The molecule has 0 atom stereocenters. The first-order valence-electron chi connectivity index (χ1n) is 6.86. The number of nitro benzene ring substituents is 1. The van der Waals surface area contributed by atoms with E-state index in [4.69, 9.17) is 0 Å². The smallest absolute Gasteiger partial charge is 0.270 e. The zero-order chi connectivity index (χ0) is 16.8. The summed E-state index contributed by atoms with van der Waals surface area (Å²) in [5.74, 6) is 0. The summed E-state index contributed by atoms with van der Waals surface area (Å²) in [5.41, 5.74) is 1.53. The number of hydrogen-bond acceptors (Lipinski definition) is 4. The van der Waals surface area contributed by atoms with E-state index in [1.807, 2.05) is 6.92 Å². The lowest BCUT2D eigenvalue weighted by Gasteiger charge is -2.06. The van der Waals surface area contributed by atoms with Crippen LogP contribution < -0.4 is 0 Å².